The second-order valence-electron chi connectivity index (χ2n) is 5.93. The van der Waals surface area contributed by atoms with Gasteiger partial charge in [-0.25, -0.2) is 0 Å². The number of methoxy groups -OCH3 is 1. The highest BCUT2D eigenvalue weighted by Crippen LogP contribution is 2.51. The van der Waals surface area contributed by atoms with Crippen LogP contribution in [0.2, 0.25) is 0 Å². The third kappa shape index (κ3) is 2.14. The first-order valence-electron chi connectivity index (χ1n) is 7.09. The van der Waals surface area contributed by atoms with Gasteiger partial charge in [-0.3, -0.25) is 0 Å². The minimum absolute atomic E-state index is 0.370. The second kappa shape index (κ2) is 4.93. The molecule has 2 fully saturated rings. The van der Waals surface area contributed by atoms with Gasteiger partial charge in [0.2, 0.25) is 0 Å². The fourth-order valence-corrected chi connectivity index (χ4v) is 4.02. The fourth-order valence-electron chi connectivity index (χ4n) is 4.02. The largest absolute Gasteiger partial charge is 0.496 e. The molecule has 2 aliphatic rings. The normalized spacial score (nSPS) is 31.6. The molecule has 1 aromatic carbocycles. The summed E-state index contributed by atoms with van der Waals surface area (Å²) in [6.07, 6.45) is 6.08. The molecule has 2 heteroatoms. The summed E-state index contributed by atoms with van der Waals surface area (Å²) in [6.45, 7) is 0. The molecule has 2 aliphatic carbocycles. The van der Waals surface area contributed by atoms with E-state index in [1.165, 1.54) is 25.7 Å². The average Bonchev–Trinajstić information content (AvgIpc) is 3.01. The first-order valence-corrected chi connectivity index (χ1v) is 7.09. The molecule has 4 atom stereocenters. The maximum atomic E-state index is 10.4. The van der Waals surface area contributed by atoms with E-state index in [2.05, 4.69) is 0 Å². The van der Waals surface area contributed by atoms with Gasteiger partial charge in [0.05, 0.1) is 13.2 Å². The zero-order chi connectivity index (χ0) is 12.5. The minimum atomic E-state index is -0.370. The number of ether oxygens (including phenoxy) is 1. The average molecular weight is 246 g/mol. The van der Waals surface area contributed by atoms with E-state index < -0.39 is 0 Å². The fraction of sp³-hybridized carbons (Fsp3) is 0.625. The molecule has 2 nitrogen and oxygen atoms in total. The molecule has 0 saturated heterocycles. The van der Waals surface area contributed by atoms with E-state index in [0.29, 0.717) is 0 Å². The molecule has 4 unspecified atom stereocenters. The lowest BCUT2D eigenvalue weighted by Gasteiger charge is -2.25. The molecule has 0 spiro atoms. The van der Waals surface area contributed by atoms with Crippen LogP contribution in [0.4, 0.5) is 0 Å². The molecule has 0 heterocycles. The van der Waals surface area contributed by atoms with E-state index in [-0.39, 0.29) is 6.10 Å². The van der Waals surface area contributed by atoms with Crippen LogP contribution >= 0.6 is 0 Å². The van der Waals surface area contributed by atoms with E-state index in [4.69, 9.17) is 4.74 Å². The molecule has 3 rings (SSSR count). The number of rotatable bonds is 4. The first-order chi connectivity index (χ1) is 8.78. The van der Waals surface area contributed by atoms with Crippen molar-refractivity contribution in [3.8, 4) is 5.75 Å². The molecule has 0 aliphatic heterocycles. The van der Waals surface area contributed by atoms with Crippen LogP contribution in [0.15, 0.2) is 24.3 Å². The Kier molecular flexibility index (Phi) is 3.29. The van der Waals surface area contributed by atoms with Crippen molar-refractivity contribution in [2.45, 2.75) is 38.2 Å². The molecule has 2 bridgehead atoms. The molecule has 1 aromatic rings. The van der Waals surface area contributed by atoms with Gasteiger partial charge in [-0.05, 0) is 49.5 Å². The number of hydrogen-bond acceptors (Lipinski definition) is 2. The second-order valence-corrected chi connectivity index (χ2v) is 5.93. The third-order valence-corrected chi connectivity index (χ3v) is 4.91. The Morgan fingerprint density at radius 2 is 2.11 bits per heavy atom. The topological polar surface area (TPSA) is 29.5 Å². The number of hydrogen-bond donors (Lipinski definition) is 1. The minimum Gasteiger partial charge on any atom is -0.496 e. The number of fused-ring (bicyclic) bond motifs is 2. The first kappa shape index (κ1) is 12.0. The van der Waals surface area contributed by atoms with E-state index in [0.717, 1.165) is 35.5 Å². The number of benzene rings is 1. The summed E-state index contributed by atoms with van der Waals surface area (Å²) in [5, 5.41) is 10.4. The van der Waals surface area contributed by atoms with Crippen LogP contribution < -0.4 is 4.74 Å². The van der Waals surface area contributed by atoms with Crippen molar-refractivity contribution in [2.24, 2.45) is 17.8 Å². The van der Waals surface area contributed by atoms with Crippen molar-refractivity contribution < 1.29 is 9.84 Å². The van der Waals surface area contributed by atoms with E-state index in [1.54, 1.807) is 7.11 Å². The molecule has 0 amide bonds. The molecule has 1 N–H and O–H groups in total. The molecule has 18 heavy (non-hydrogen) atoms. The van der Waals surface area contributed by atoms with Crippen LogP contribution in [0.1, 0.15) is 43.8 Å². The molecular formula is C16H22O2. The summed E-state index contributed by atoms with van der Waals surface area (Å²) in [5.41, 5.74) is 0.947. The van der Waals surface area contributed by atoms with Crippen molar-refractivity contribution in [1.82, 2.24) is 0 Å². The van der Waals surface area contributed by atoms with Gasteiger partial charge < -0.3 is 9.84 Å². The van der Waals surface area contributed by atoms with Gasteiger partial charge in [0.1, 0.15) is 5.75 Å². The zero-order valence-corrected chi connectivity index (χ0v) is 11.0. The maximum Gasteiger partial charge on any atom is 0.124 e. The highest BCUT2D eigenvalue weighted by Gasteiger charge is 2.40. The lowest BCUT2D eigenvalue weighted by Crippen LogP contribution is -2.14. The molecular weight excluding hydrogens is 224 g/mol. The Bertz CT molecular complexity index is 415. The van der Waals surface area contributed by atoms with Gasteiger partial charge in [-0.2, -0.15) is 0 Å². The Hall–Kier alpha value is -1.02. The Morgan fingerprint density at radius 3 is 2.78 bits per heavy atom. The molecule has 0 radical (unpaired) electrons. The molecule has 98 valence electrons. The van der Waals surface area contributed by atoms with Crippen molar-refractivity contribution in [1.29, 1.82) is 0 Å². The predicted octanol–water partition coefficient (Wildman–Crippen LogP) is 3.55. The van der Waals surface area contributed by atoms with E-state index in [1.807, 2.05) is 24.3 Å². The van der Waals surface area contributed by atoms with Crippen molar-refractivity contribution in [3.63, 3.8) is 0 Å². The summed E-state index contributed by atoms with van der Waals surface area (Å²) >= 11 is 0. The van der Waals surface area contributed by atoms with E-state index >= 15 is 0 Å². The smallest absolute Gasteiger partial charge is 0.124 e. The van der Waals surface area contributed by atoms with Gasteiger partial charge in [0.25, 0.3) is 0 Å². The van der Waals surface area contributed by atoms with Crippen LogP contribution in [0.5, 0.6) is 5.75 Å². The quantitative estimate of drug-likeness (QED) is 0.880. The maximum absolute atomic E-state index is 10.4. The van der Waals surface area contributed by atoms with Gasteiger partial charge in [0.15, 0.2) is 0 Å². The highest BCUT2D eigenvalue weighted by molar-refractivity contribution is 5.35. The van der Waals surface area contributed by atoms with Crippen LogP contribution in [0, 0.1) is 17.8 Å². The van der Waals surface area contributed by atoms with Gasteiger partial charge in [-0.15, -0.1) is 0 Å². The standard InChI is InChI=1S/C16H22O2/c1-18-16-5-3-2-4-14(16)15(17)10-13-9-11-6-7-12(13)8-11/h2-5,11-13,15,17H,6-10H2,1H3. The van der Waals surface area contributed by atoms with Crippen LogP contribution in [-0.2, 0) is 0 Å². The van der Waals surface area contributed by atoms with Crippen LogP contribution in [0.25, 0.3) is 0 Å². The third-order valence-electron chi connectivity index (χ3n) is 4.91. The Morgan fingerprint density at radius 1 is 1.28 bits per heavy atom. The lowest BCUT2D eigenvalue weighted by atomic mass is 9.83. The van der Waals surface area contributed by atoms with Gasteiger partial charge in [-0.1, -0.05) is 24.6 Å². The predicted molar refractivity (Wildman–Crippen MR) is 71.5 cm³/mol. The summed E-state index contributed by atoms with van der Waals surface area (Å²) in [6, 6.07) is 7.84. The summed E-state index contributed by atoms with van der Waals surface area (Å²) in [7, 11) is 1.67. The lowest BCUT2D eigenvalue weighted by molar-refractivity contribution is 0.123. The highest BCUT2D eigenvalue weighted by atomic mass is 16.5. The summed E-state index contributed by atoms with van der Waals surface area (Å²) in [5.74, 6) is 3.36. The molecule has 0 aromatic heterocycles. The number of aliphatic hydroxyl groups is 1. The van der Waals surface area contributed by atoms with Gasteiger partial charge >= 0.3 is 0 Å². The van der Waals surface area contributed by atoms with Crippen LogP contribution in [-0.4, -0.2) is 12.2 Å². The zero-order valence-electron chi connectivity index (χ0n) is 11.0. The number of para-hydroxylation sites is 1. The molecule has 2 saturated carbocycles. The van der Waals surface area contributed by atoms with Crippen LogP contribution in [0.3, 0.4) is 0 Å². The Labute approximate surface area is 109 Å². The Balaban J connectivity index is 1.69. The SMILES string of the molecule is COc1ccccc1C(O)CC1CC2CCC1C2. The number of aliphatic hydroxyl groups excluding tert-OH is 1. The van der Waals surface area contributed by atoms with Gasteiger partial charge in [0, 0.05) is 5.56 Å². The van der Waals surface area contributed by atoms with E-state index in [9.17, 15) is 5.11 Å². The van der Waals surface area contributed by atoms with Crippen molar-refractivity contribution in [3.05, 3.63) is 29.8 Å². The van der Waals surface area contributed by atoms with Crippen molar-refractivity contribution in [2.75, 3.05) is 7.11 Å². The monoisotopic (exact) mass is 246 g/mol. The van der Waals surface area contributed by atoms with Crippen molar-refractivity contribution >= 4 is 0 Å². The summed E-state index contributed by atoms with van der Waals surface area (Å²) < 4.78 is 5.33. The summed E-state index contributed by atoms with van der Waals surface area (Å²) in [4.78, 5) is 0.